The molecule has 2 aliphatic rings. The van der Waals surface area contributed by atoms with Crippen molar-refractivity contribution in [1.82, 2.24) is 4.90 Å². The topological polar surface area (TPSA) is 66.5 Å². The number of ketones is 1. The number of thioether (sulfide) groups is 1. The molecule has 2 aliphatic heterocycles. The van der Waals surface area contributed by atoms with Crippen molar-refractivity contribution in [3.05, 3.63) is 29.8 Å². The molecule has 21 heavy (non-hydrogen) atoms. The van der Waals surface area contributed by atoms with Crippen molar-refractivity contribution in [2.75, 3.05) is 17.6 Å². The van der Waals surface area contributed by atoms with Crippen molar-refractivity contribution in [3.63, 3.8) is 0 Å². The molecule has 6 heteroatoms. The molecule has 2 saturated heterocycles. The Bertz CT molecular complexity index is 614. The monoisotopic (exact) mass is 304 g/mol. The molecule has 2 heterocycles. The van der Waals surface area contributed by atoms with E-state index in [0.29, 0.717) is 30.6 Å². The van der Waals surface area contributed by atoms with Crippen LogP contribution in [0.1, 0.15) is 30.1 Å². The van der Waals surface area contributed by atoms with Crippen LogP contribution in [0.3, 0.4) is 0 Å². The van der Waals surface area contributed by atoms with Crippen LogP contribution < -0.4 is 5.32 Å². The van der Waals surface area contributed by atoms with E-state index in [-0.39, 0.29) is 17.6 Å². The molecule has 0 aliphatic carbocycles. The molecular weight excluding hydrogens is 288 g/mol. The quantitative estimate of drug-likeness (QED) is 0.866. The number of hydrogen-bond donors (Lipinski definition) is 1. The fourth-order valence-corrected chi connectivity index (χ4v) is 4.22. The Hall–Kier alpha value is -1.82. The maximum Gasteiger partial charge on any atom is 0.260 e. The first-order valence-electron chi connectivity index (χ1n) is 6.90. The summed E-state index contributed by atoms with van der Waals surface area (Å²) in [5, 5.41) is 2.87. The molecule has 110 valence electrons. The van der Waals surface area contributed by atoms with Crippen molar-refractivity contribution in [3.8, 4) is 0 Å². The zero-order valence-electron chi connectivity index (χ0n) is 11.7. The summed E-state index contributed by atoms with van der Waals surface area (Å²) in [6.07, 6.45) is 0.998. The van der Waals surface area contributed by atoms with Gasteiger partial charge in [0.2, 0.25) is 5.91 Å². The summed E-state index contributed by atoms with van der Waals surface area (Å²) in [6, 6.07) is 6.81. The van der Waals surface area contributed by atoms with Crippen molar-refractivity contribution >= 4 is 35.0 Å². The first kappa shape index (κ1) is 14.1. The summed E-state index contributed by atoms with van der Waals surface area (Å²) in [4.78, 5) is 36.6. The number of hydrogen-bond acceptors (Lipinski definition) is 4. The molecule has 1 aromatic carbocycles. The number of carbonyl (C=O) groups excluding carboxylic acids is 3. The summed E-state index contributed by atoms with van der Waals surface area (Å²) in [5.41, 5.74) is 1.25. The normalized spacial score (nSPS) is 24.0. The van der Waals surface area contributed by atoms with Crippen LogP contribution in [0.2, 0.25) is 0 Å². The van der Waals surface area contributed by atoms with Gasteiger partial charge in [-0.1, -0.05) is 0 Å². The van der Waals surface area contributed by atoms with E-state index in [0.717, 1.165) is 5.75 Å². The Morgan fingerprint density at radius 2 is 2.00 bits per heavy atom. The summed E-state index contributed by atoms with van der Waals surface area (Å²) >= 11 is 1.54. The van der Waals surface area contributed by atoms with E-state index >= 15 is 0 Å². The summed E-state index contributed by atoms with van der Waals surface area (Å²) in [5.74, 6) is 0.696. The molecule has 0 saturated carbocycles. The van der Waals surface area contributed by atoms with E-state index in [1.54, 1.807) is 29.2 Å². The minimum atomic E-state index is -0.740. The number of Topliss-reactive ketones (excluding diaryl/α,β-unsaturated/α-hetero) is 1. The zero-order chi connectivity index (χ0) is 15.0. The lowest BCUT2D eigenvalue weighted by atomic mass is 10.1. The number of nitrogens with one attached hydrogen (secondary N) is 1. The summed E-state index contributed by atoms with van der Waals surface area (Å²) < 4.78 is 0. The third kappa shape index (κ3) is 2.33. The molecule has 3 rings (SSSR count). The van der Waals surface area contributed by atoms with Crippen LogP contribution in [0.25, 0.3) is 0 Å². The van der Waals surface area contributed by atoms with Crippen LogP contribution in [-0.2, 0) is 9.59 Å². The maximum atomic E-state index is 12.6. The van der Waals surface area contributed by atoms with Crippen molar-refractivity contribution in [2.45, 2.75) is 24.6 Å². The van der Waals surface area contributed by atoms with Crippen LogP contribution in [0.15, 0.2) is 24.3 Å². The molecular formula is C15H16N2O3S. The number of rotatable bonds is 3. The second-order valence-electron chi connectivity index (χ2n) is 5.27. The molecule has 1 N–H and O–H groups in total. The number of benzene rings is 1. The number of nitrogens with zero attached hydrogens (tertiary/aromatic N) is 1. The molecule has 0 aromatic heterocycles. The fraction of sp³-hybridized carbons (Fsp3) is 0.400. The van der Waals surface area contributed by atoms with Gasteiger partial charge in [0.1, 0.15) is 0 Å². The minimum absolute atomic E-state index is 0.00890. The second kappa shape index (κ2) is 5.18. The first-order chi connectivity index (χ1) is 10.0. The summed E-state index contributed by atoms with van der Waals surface area (Å²) in [7, 11) is 0. The Labute approximate surface area is 127 Å². The van der Waals surface area contributed by atoms with Gasteiger partial charge in [0.15, 0.2) is 10.7 Å². The Morgan fingerprint density at radius 3 is 2.67 bits per heavy atom. The zero-order valence-corrected chi connectivity index (χ0v) is 12.5. The lowest BCUT2D eigenvalue weighted by Crippen LogP contribution is -2.48. The first-order valence-corrected chi connectivity index (χ1v) is 7.88. The van der Waals surface area contributed by atoms with Crippen LogP contribution >= 0.6 is 11.8 Å². The third-order valence-electron chi connectivity index (χ3n) is 3.97. The number of fused-ring (bicyclic) bond motifs is 1. The predicted octanol–water partition coefficient (Wildman–Crippen LogP) is 1.89. The van der Waals surface area contributed by atoms with E-state index in [1.807, 2.05) is 0 Å². The molecule has 0 bridgehead atoms. The largest absolute Gasteiger partial charge is 0.323 e. The molecule has 1 aromatic rings. The van der Waals surface area contributed by atoms with Gasteiger partial charge in [-0.05, 0) is 37.6 Å². The van der Waals surface area contributed by atoms with Crippen molar-refractivity contribution in [1.29, 1.82) is 0 Å². The fourth-order valence-electron chi connectivity index (χ4n) is 2.83. The van der Waals surface area contributed by atoms with Crippen molar-refractivity contribution < 1.29 is 14.4 Å². The SMILES string of the molecule is CC(=O)c1ccc(NC(=O)[C@@]23CCC(=O)N2CCS3)cc1. The molecule has 2 fully saturated rings. The second-order valence-corrected chi connectivity index (χ2v) is 6.64. The lowest BCUT2D eigenvalue weighted by Gasteiger charge is -2.29. The maximum absolute atomic E-state index is 12.6. The Morgan fingerprint density at radius 1 is 1.29 bits per heavy atom. The Balaban J connectivity index is 1.77. The highest BCUT2D eigenvalue weighted by molar-refractivity contribution is 8.01. The molecule has 5 nitrogen and oxygen atoms in total. The standard InChI is InChI=1S/C15H16N2O3S/c1-10(18)11-2-4-12(5-3-11)16-14(20)15-7-6-13(19)17(15)8-9-21-15/h2-5H,6-9H2,1H3,(H,16,20)/t15-/m0/s1. The average Bonchev–Trinajstić information content (AvgIpc) is 3.02. The van der Waals surface area contributed by atoms with Crippen LogP contribution in [-0.4, -0.2) is 39.7 Å². The van der Waals surface area contributed by atoms with Gasteiger partial charge in [-0.2, -0.15) is 0 Å². The molecule has 0 unspecified atom stereocenters. The average molecular weight is 304 g/mol. The van der Waals surface area contributed by atoms with Crippen LogP contribution in [0.5, 0.6) is 0 Å². The number of carbonyl (C=O) groups is 3. The number of anilines is 1. The highest BCUT2D eigenvalue weighted by Gasteiger charge is 2.54. The van der Waals surface area contributed by atoms with E-state index in [2.05, 4.69) is 5.32 Å². The van der Waals surface area contributed by atoms with Gasteiger partial charge in [0.25, 0.3) is 5.91 Å². The third-order valence-corrected chi connectivity index (χ3v) is 5.45. The Kier molecular flexibility index (Phi) is 3.49. The predicted molar refractivity (Wildman–Crippen MR) is 81.2 cm³/mol. The van der Waals surface area contributed by atoms with Gasteiger partial charge in [-0.25, -0.2) is 0 Å². The molecule has 0 radical (unpaired) electrons. The van der Waals surface area contributed by atoms with Crippen LogP contribution in [0.4, 0.5) is 5.69 Å². The van der Waals surface area contributed by atoms with E-state index in [9.17, 15) is 14.4 Å². The van der Waals surface area contributed by atoms with Gasteiger partial charge < -0.3 is 10.2 Å². The van der Waals surface area contributed by atoms with Gasteiger partial charge >= 0.3 is 0 Å². The minimum Gasteiger partial charge on any atom is -0.323 e. The van der Waals surface area contributed by atoms with E-state index in [4.69, 9.17) is 0 Å². The lowest BCUT2D eigenvalue weighted by molar-refractivity contribution is -0.133. The van der Waals surface area contributed by atoms with Gasteiger partial charge in [-0.3, -0.25) is 14.4 Å². The summed E-state index contributed by atoms with van der Waals surface area (Å²) in [6.45, 7) is 2.14. The van der Waals surface area contributed by atoms with E-state index in [1.165, 1.54) is 18.7 Å². The smallest absolute Gasteiger partial charge is 0.260 e. The molecule has 2 amide bonds. The molecule has 1 atom stereocenters. The number of amides is 2. The van der Waals surface area contributed by atoms with E-state index < -0.39 is 4.87 Å². The highest BCUT2D eigenvalue weighted by atomic mass is 32.2. The van der Waals surface area contributed by atoms with Gasteiger partial charge in [0.05, 0.1) is 0 Å². The highest BCUT2D eigenvalue weighted by Crippen LogP contribution is 2.45. The molecule has 0 spiro atoms. The van der Waals surface area contributed by atoms with Gasteiger partial charge in [0, 0.05) is 30.0 Å². The van der Waals surface area contributed by atoms with Crippen LogP contribution in [0, 0.1) is 0 Å². The van der Waals surface area contributed by atoms with Crippen molar-refractivity contribution in [2.24, 2.45) is 0 Å². The van der Waals surface area contributed by atoms with Gasteiger partial charge in [-0.15, -0.1) is 11.8 Å².